The summed E-state index contributed by atoms with van der Waals surface area (Å²) < 4.78 is 0. The van der Waals surface area contributed by atoms with Crippen LogP contribution >= 0.6 is 0 Å². The minimum atomic E-state index is -1.55. The molecule has 4 heteroatoms. The summed E-state index contributed by atoms with van der Waals surface area (Å²) in [6.07, 6.45) is 4.05. The van der Waals surface area contributed by atoms with Crippen molar-refractivity contribution in [3.05, 3.63) is 37.5 Å². The van der Waals surface area contributed by atoms with Crippen LogP contribution in [0.1, 0.15) is 0 Å². The van der Waals surface area contributed by atoms with Gasteiger partial charge in [0.15, 0.2) is 0 Å². The molecule has 0 aliphatic heterocycles. The number of carboxylic acids is 2. The summed E-state index contributed by atoms with van der Waals surface area (Å²) in [4.78, 5) is 18.8. The lowest BCUT2D eigenvalue weighted by Crippen LogP contribution is -2.23. The Balaban J connectivity index is 0. The van der Waals surface area contributed by atoms with Crippen molar-refractivity contribution in [2.24, 2.45) is 0 Å². The topological polar surface area (TPSA) is 80.3 Å². The van der Waals surface area contributed by atoms with E-state index < -0.39 is 11.9 Å². The van der Waals surface area contributed by atoms with E-state index in [1.54, 1.807) is 12.2 Å². The van der Waals surface area contributed by atoms with E-state index in [2.05, 4.69) is 13.2 Å². The lowest BCUT2D eigenvalue weighted by molar-refractivity contribution is -0.301. The maximum Gasteiger partial charge on any atom is 0.0643 e. The van der Waals surface area contributed by atoms with E-state index in [-0.39, 0.29) is 0 Å². The molecule has 0 bridgehead atoms. The molecule has 0 spiro atoms. The molecular weight excluding hydrogens is 160 g/mol. The van der Waals surface area contributed by atoms with Gasteiger partial charge < -0.3 is 19.8 Å². The van der Waals surface area contributed by atoms with Crippen molar-refractivity contribution < 1.29 is 19.8 Å². The monoisotopic (exact) mass is 168 g/mol. The Kier molecular flexibility index (Phi) is 9.77. The van der Waals surface area contributed by atoms with Crippen LogP contribution in [-0.2, 0) is 9.59 Å². The second-order valence-electron chi connectivity index (χ2n) is 1.44. The van der Waals surface area contributed by atoms with Gasteiger partial charge in [-0.1, -0.05) is 25.3 Å². The second kappa shape index (κ2) is 9.16. The van der Waals surface area contributed by atoms with Crippen molar-refractivity contribution in [1.29, 1.82) is 0 Å². The SMILES string of the molecule is C=CC=C.O=C([O-])/C=C/C(=O)[O-]. The molecular formula is C8H8O4-2. The highest BCUT2D eigenvalue weighted by Crippen LogP contribution is 1.64. The Morgan fingerprint density at radius 1 is 0.917 bits per heavy atom. The summed E-state index contributed by atoms with van der Waals surface area (Å²) >= 11 is 0. The number of hydrogen-bond acceptors (Lipinski definition) is 4. The fourth-order valence-electron chi connectivity index (χ4n) is 0.136. The molecule has 12 heavy (non-hydrogen) atoms. The molecule has 4 nitrogen and oxygen atoms in total. The molecule has 0 fully saturated rings. The van der Waals surface area contributed by atoms with Gasteiger partial charge in [-0.05, 0) is 12.2 Å². The van der Waals surface area contributed by atoms with E-state index in [9.17, 15) is 19.8 Å². The fraction of sp³-hybridized carbons (Fsp3) is 0. The number of aliphatic carboxylic acids is 2. The lowest BCUT2D eigenvalue weighted by atomic mass is 10.5. The predicted octanol–water partition coefficient (Wildman–Crippen LogP) is -1.60. The zero-order chi connectivity index (χ0) is 9.98. The number of carbonyl (C=O) groups excluding carboxylic acids is 2. The van der Waals surface area contributed by atoms with Gasteiger partial charge in [-0.15, -0.1) is 0 Å². The first-order chi connectivity index (χ1) is 5.54. The molecule has 0 radical (unpaired) electrons. The molecule has 0 aromatic heterocycles. The third-order valence-corrected chi connectivity index (χ3v) is 0.522. The van der Waals surface area contributed by atoms with E-state index in [1.807, 2.05) is 0 Å². The molecule has 0 aromatic rings. The fourth-order valence-corrected chi connectivity index (χ4v) is 0.136. The van der Waals surface area contributed by atoms with E-state index in [0.717, 1.165) is 0 Å². The standard InChI is InChI=1S/C4H4O4.C4H6/c5-3(6)1-2-4(7)8;1-3-4-2/h1-2H,(H,5,6)(H,7,8);3-4H,1-2H2/p-2/b2-1+;. The minimum absolute atomic E-state index is 0.384. The van der Waals surface area contributed by atoms with E-state index in [1.165, 1.54) is 0 Å². The minimum Gasteiger partial charge on any atom is -0.545 e. The number of carbonyl (C=O) groups is 2. The molecule has 0 rings (SSSR count). The van der Waals surface area contributed by atoms with Crippen LogP contribution < -0.4 is 10.2 Å². The molecule has 0 unspecified atom stereocenters. The molecule has 0 aliphatic rings. The van der Waals surface area contributed by atoms with Crippen LogP contribution in [0.4, 0.5) is 0 Å². The van der Waals surface area contributed by atoms with Crippen molar-refractivity contribution in [2.75, 3.05) is 0 Å². The normalized spacial score (nSPS) is 8.00. The Labute approximate surface area is 70.1 Å². The van der Waals surface area contributed by atoms with Gasteiger partial charge in [-0.2, -0.15) is 0 Å². The van der Waals surface area contributed by atoms with Gasteiger partial charge in [0.25, 0.3) is 0 Å². The van der Waals surface area contributed by atoms with Crippen molar-refractivity contribution in [2.45, 2.75) is 0 Å². The summed E-state index contributed by atoms with van der Waals surface area (Å²) in [5, 5.41) is 18.8. The zero-order valence-corrected chi connectivity index (χ0v) is 6.36. The van der Waals surface area contributed by atoms with Crippen LogP contribution in [0.15, 0.2) is 37.5 Å². The molecule has 0 atom stereocenters. The first-order valence-electron chi connectivity index (χ1n) is 2.88. The highest BCUT2D eigenvalue weighted by Gasteiger charge is 1.70. The third kappa shape index (κ3) is 24.2. The summed E-state index contributed by atoms with van der Waals surface area (Å²) in [6.45, 7) is 6.72. The summed E-state index contributed by atoms with van der Waals surface area (Å²) in [5.41, 5.74) is 0. The number of rotatable bonds is 3. The lowest BCUT2D eigenvalue weighted by Gasteiger charge is -1.90. The Bertz CT molecular complexity index is 181. The first-order valence-corrected chi connectivity index (χ1v) is 2.88. The summed E-state index contributed by atoms with van der Waals surface area (Å²) in [7, 11) is 0. The first kappa shape index (κ1) is 12.8. The van der Waals surface area contributed by atoms with Gasteiger partial charge >= 0.3 is 0 Å². The van der Waals surface area contributed by atoms with Crippen LogP contribution in [0.3, 0.4) is 0 Å². The van der Waals surface area contributed by atoms with E-state index >= 15 is 0 Å². The van der Waals surface area contributed by atoms with Crippen molar-refractivity contribution >= 4 is 11.9 Å². The van der Waals surface area contributed by atoms with Crippen LogP contribution in [0.25, 0.3) is 0 Å². The average Bonchev–Trinajstić information content (AvgIpc) is 2.01. The maximum absolute atomic E-state index is 9.41. The summed E-state index contributed by atoms with van der Waals surface area (Å²) in [5.74, 6) is -3.09. The molecule has 0 saturated carbocycles. The molecule has 66 valence electrons. The predicted molar refractivity (Wildman–Crippen MR) is 39.5 cm³/mol. The quantitative estimate of drug-likeness (QED) is 0.375. The van der Waals surface area contributed by atoms with Crippen molar-refractivity contribution in [1.82, 2.24) is 0 Å². The third-order valence-electron chi connectivity index (χ3n) is 0.522. The molecule has 0 heterocycles. The molecule has 0 saturated heterocycles. The van der Waals surface area contributed by atoms with Gasteiger partial charge in [0, 0.05) is 0 Å². The van der Waals surface area contributed by atoms with Gasteiger partial charge in [0.05, 0.1) is 11.9 Å². The molecule has 0 amide bonds. The zero-order valence-electron chi connectivity index (χ0n) is 6.36. The smallest absolute Gasteiger partial charge is 0.0643 e. The van der Waals surface area contributed by atoms with Crippen LogP contribution in [0.2, 0.25) is 0 Å². The highest BCUT2D eigenvalue weighted by atomic mass is 16.4. The van der Waals surface area contributed by atoms with Gasteiger partial charge in [0.1, 0.15) is 0 Å². The van der Waals surface area contributed by atoms with E-state index in [0.29, 0.717) is 12.2 Å². The van der Waals surface area contributed by atoms with Gasteiger partial charge in [-0.25, -0.2) is 0 Å². The Morgan fingerprint density at radius 3 is 1.25 bits per heavy atom. The van der Waals surface area contributed by atoms with Gasteiger partial charge in [-0.3, -0.25) is 0 Å². The Hall–Kier alpha value is -1.84. The number of allylic oxidation sites excluding steroid dienone is 2. The van der Waals surface area contributed by atoms with Gasteiger partial charge in [0.2, 0.25) is 0 Å². The van der Waals surface area contributed by atoms with Crippen LogP contribution in [0.5, 0.6) is 0 Å². The van der Waals surface area contributed by atoms with Crippen molar-refractivity contribution in [3.63, 3.8) is 0 Å². The highest BCUT2D eigenvalue weighted by molar-refractivity contribution is 5.87. The van der Waals surface area contributed by atoms with Crippen molar-refractivity contribution in [3.8, 4) is 0 Å². The second-order valence-corrected chi connectivity index (χ2v) is 1.44. The van der Waals surface area contributed by atoms with Crippen LogP contribution in [-0.4, -0.2) is 11.9 Å². The summed E-state index contributed by atoms with van der Waals surface area (Å²) in [6, 6.07) is 0. The molecule has 0 N–H and O–H groups in total. The Morgan fingerprint density at radius 2 is 1.17 bits per heavy atom. The molecule has 0 aromatic carbocycles. The molecule has 0 aliphatic carbocycles. The van der Waals surface area contributed by atoms with E-state index in [4.69, 9.17) is 0 Å². The largest absolute Gasteiger partial charge is 0.545 e. The van der Waals surface area contributed by atoms with Crippen LogP contribution in [0, 0.1) is 0 Å². The number of carboxylic acid groups (broad SMARTS) is 2. The maximum atomic E-state index is 9.41. The number of hydrogen-bond donors (Lipinski definition) is 0. The average molecular weight is 168 g/mol.